The van der Waals surface area contributed by atoms with Crippen LogP contribution in [-0.2, 0) is 44.8 Å². The number of carbonyl (C=O) groups excluding carboxylic acids is 6. The Morgan fingerprint density at radius 3 is 2.31 bits per heavy atom. The minimum atomic E-state index is -1.23. The number of ether oxygens (including phenoxy) is 1. The number of nitrogens with zero attached hydrogens (tertiary/aromatic N) is 3. The van der Waals surface area contributed by atoms with Gasteiger partial charge in [0.2, 0.25) is 17.7 Å². The molecule has 5 amide bonds. The van der Waals surface area contributed by atoms with Gasteiger partial charge in [-0.05, 0) is 109 Å². The predicted molar refractivity (Wildman–Crippen MR) is 269 cm³/mol. The van der Waals surface area contributed by atoms with Crippen molar-refractivity contribution in [1.82, 2.24) is 30.9 Å². The Morgan fingerprint density at radius 2 is 1.73 bits per heavy atom. The van der Waals surface area contributed by atoms with Crippen LogP contribution >= 0.6 is 11.3 Å². The number of likely N-dealkylation sites (N-methyl/N-ethyl adjacent to an activating group) is 1. The van der Waals surface area contributed by atoms with Gasteiger partial charge in [-0.15, -0.1) is 23.7 Å². The SMILES string of the molecule is C#CCCCON(C(=O)[C@@H](NC(=O)[C@H]1CCCCN1C)[C@@H](C)CC)[C@H](C[C@@H](OC(C)=O)c1nc(C(=O)N[C@@H](Cc2ccc(NC(=O)[C@H](N)CCC(=O)NC(C)C)cc2)CC(C)(C)C(=O)O)cs1)C(C)C. The molecule has 18 nitrogen and oxygen atoms in total. The summed E-state index contributed by atoms with van der Waals surface area (Å²) in [4.78, 5) is 105. The Labute approximate surface area is 418 Å². The molecule has 0 aliphatic carbocycles. The Balaban J connectivity index is 1.88. The number of nitrogens with one attached hydrogen (secondary N) is 4. The zero-order valence-electron chi connectivity index (χ0n) is 42.8. The molecule has 0 spiro atoms. The lowest BCUT2D eigenvalue weighted by molar-refractivity contribution is -0.213. The van der Waals surface area contributed by atoms with E-state index in [0.717, 1.165) is 36.3 Å². The number of anilines is 1. The van der Waals surface area contributed by atoms with Crippen molar-refractivity contribution in [3.63, 3.8) is 0 Å². The van der Waals surface area contributed by atoms with Gasteiger partial charge < -0.3 is 36.8 Å². The summed E-state index contributed by atoms with van der Waals surface area (Å²) >= 11 is 1.09. The van der Waals surface area contributed by atoms with E-state index in [1.54, 1.807) is 38.1 Å². The molecule has 0 unspecified atom stereocenters. The number of aliphatic carboxylic acids is 1. The Bertz CT molecular complexity index is 2100. The number of carbonyl (C=O) groups is 7. The largest absolute Gasteiger partial charge is 0.481 e. The first kappa shape index (κ1) is 58.9. The molecule has 7 N–H and O–H groups in total. The molecular formula is C51H78N8O10S. The fourth-order valence-electron chi connectivity index (χ4n) is 8.13. The number of esters is 1. The van der Waals surface area contributed by atoms with E-state index in [-0.39, 0.29) is 85.1 Å². The van der Waals surface area contributed by atoms with Crippen molar-refractivity contribution < 1.29 is 48.2 Å². The van der Waals surface area contributed by atoms with E-state index in [2.05, 4.69) is 32.2 Å². The molecule has 1 aliphatic heterocycles. The number of unbranched alkanes of at least 4 members (excludes halogenated alkanes) is 1. The zero-order valence-corrected chi connectivity index (χ0v) is 43.6. The highest BCUT2D eigenvalue weighted by molar-refractivity contribution is 7.09. The smallest absolute Gasteiger partial charge is 0.309 e. The molecular weight excluding hydrogens is 917 g/mol. The number of amides is 5. The molecule has 1 aliphatic rings. The lowest BCUT2D eigenvalue weighted by Gasteiger charge is -2.39. The molecule has 0 radical (unpaired) electrons. The number of rotatable bonds is 28. The maximum atomic E-state index is 14.8. The molecule has 3 rings (SSSR count). The van der Waals surface area contributed by atoms with Crippen LogP contribution in [0.15, 0.2) is 29.6 Å². The Hall–Kier alpha value is -5.42. The number of thiazole rings is 1. The maximum absolute atomic E-state index is 14.8. The standard InChI is InChI=1S/C51H78N8O10S/c1-12-14-17-26-68-59(49(65)44(33(7)13-2)57-47(64)40-18-15-16-25-58(40)11)41(31(3)4)28-42(69-34(8)60)48-56-39(30-70-48)46(63)55-37(29-51(9,10)50(66)67)27-35-19-21-36(22-20-35)54-45(62)38(52)23-24-43(61)53-32(5)6/h1,19-22,30-33,37-38,40-42,44H,13-18,23-29,52H2,2-11H3,(H,53,61)(H,54,62)(H,55,63)(H,57,64)(H,66,67)/t33-,37-,38+,40+,41+,42+,44-/m0/s1. The van der Waals surface area contributed by atoms with Crippen LogP contribution in [0.1, 0.15) is 154 Å². The van der Waals surface area contributed by atoms with Crippen LogP contribution in [0.25, 0.3) is 0 Å². The topological polar surface area (TPSA) is 252 Å². The second-order valence-electron chi connectivity index (χ2n) is 19.7. The third-order valence-corrected chi connectivity index (χ3v) is 13.4. The number of aromatic nitrogens is 1. The summed E-state index contributed by atoms with van der Waals surface area (Å²) in [5, 5.41) is 24.7. The minimum Gasteiger partial charge on any atom is -0.481 e. The molecule has 19 heteroatoms. The molecule has 2 heterocycles. The van der Waals surface area contributed by atoms with Gasteiger partial charge in [0.15, 0.2) is 6.10 Å². The van der Waals surface area contributed by atoms with Crippen molar-refractivity contribution in [1.29, 1.82) is 0 Å². The van der Waals surface area contributed by atoms with Crippen LogP contribution in [0.4, 0.5) is 5.69 Å². The lowest BCUT2D eigenvalue weighted by Crippen LogP contribution is -2.58. The van der Waals surface area contributed by atoms with Gasteiger partial charge in [0.25, 0.3) is 11.8 Å². The summed E-state index contributed by atoms with van der Waals surface area (Å²) < 4.78 is 5.87. The molecule has 1 fully saturated rings. The third kappa shape index (κ3) is 18.7. The predicted octanol–water partition coefficient (Wildman–Crippen LogP) is 5.76. The lowest BCUT2D eigenvalue weighted by atomic mass is 9.84. The number of benzene rings is 1. The number of terminal acetylenes is 1. The highest BCUT2D eigenvalue weighted by Crippen LogP contribution is 2.32. The highest BCUT2D eigenvalue weighted by atomic mass is 32.1. The van der Waals surface area contributed by atoms with Crippen LogP contribution in [-0.4, -0.2) is 118 Å². The first-order valence-electron chi connectivity index (χ1n) is 24.5. The number of likely N-dealkylation sites (tertiary alicyclic amines) is 1. The first-order valence-corrected chi connectivity index (χ1v) is 25.4. The summed E-state index contributed by atoms with van der Waals surface area (Å²) in [6.45, 7) is 16.6. The Morgan fingerprint density at radius 1 is 1.04 bits per heavy atom. The number of hydrogen-bond donors (Lipinski definition) is 6. The monoisotopic (exact) mass is 995 g/mol. The van der Waals surface area contributed by atoms with Gasteiger partial charge in [-0.3, -0.25) is 43.3 Å². The van der Waals surface area contributed by atoms with Crippen molar-refractivity contribution in [2.75, 3.05) is 25.5 Å². The van der Waals surface area contributed by atoms with Crippen LogP contribution in [0.2, 0.25) is 0 Å². The number of nitrogens with two attached hydrogens (primary N) is 1. The summed E-state index contributed by atoms with van der Waals surface area (Å²) in [6, 6.07) is 3.22. The van der Waals surface area contributed by atoms with Crippen LogP contribution < -0.4 is 27.0 Å². The fourth-order valence-corrected chi connectivity index (χ4v) is 8.97. The molecule has 7 atom stereocenters. The van der Waals surface area contributed by atoms with E-state index in [4.69, 9.17) is 21.7 Å². The van der Waals surface area contributed by atoms with Crippen LogP contribution in [0, 0.1) is 29.6 Å². The fraction of sp³-hybridized carbons (Fsp3) is 0.647. The average molecular weight is 995 g/mol. The van der Waals surface area contributed by atoms with Gasteiger partial charge in [0, 0.05) is 49.3 Å². The van der Waals surface area contributed by atoms with Gasteiger partial charge >= 0.3 is 11.9 Å². The summed E-state index contributed by atoms with van der Waals surface area (Å²) in [5.41, 5.74) is 6.04. The van der Waals surface area contributed by atoms with Crippen molar-refractivity contribution in [3.8, 4) is 12.3 Å². The van der Waals surface area contributed by atoms with Gasteiger partial charge in [-0.25, -0.2) is 10.0 Å². The third-order valence-electron chi connectivity index (χ3n) is 12.5. The Kier molecular flexibility index (Phi) is 23.9. The van der Waals surface area contributed by atoms with Crippen molar-refractivity contribution in [2.45, 2.75) is 175 Å². The number of carboxylic acid groups (broad SMARTS) is 1. The highest BCUT2D eigenvalue weighted by Gasteiger charge is 2.40. The van der Waals surface area contributed by atoms with Gasteiger partial charge in [-0.2, -0.15) is 0 Å². The van der Waals surface area contributed by atoms with E-state index < -0.39 is 65.3 Å². The van der Waals surface area contributed by atoms with Crippen LogP contribution in [0.3, 0.4) is 0 Å². The number of carboxylic acids is 1. The van der Waals surface area contributed by atoms with Gasteiger partial charge in [0.05, 0.1) is 30.1 Å². The normalized spacial score (nSPS) is 16.7. The molecule has 0 bridgehead atoms. The van der Waals surface area contributed by atoms with E-state index >= 15 is 0 Å². The summed E-state index contributed by atoms with van der Waals surface area (Å²) in [6.07, 6.45) is 9.13. The van der Waals surface area contributed by atoms with E-state index in [1.807, 2.05) is 53.5 Å². The molecule has 1 aromatic heterocycles. The van der Waals surface area contributed by atoms with Gasteiger partial charge in [-0.1, -0.05) is 52.7 Å². The van der Waals surface area contributed by atoms with Crippen LogP contribution in [0.5, 0.6) is 0 Å². The van der Waals surface area contributed by atoms with Gasteiger partial charge in [0.1, 0.15) is 16.7 Å². The number of piperidine rings is 1. The van der Waals surface area contributed by atoms with Crippen molar-refractivity contribution >= 4 is 58.5 Å². The molecule has 388 valence electrons. The van der Waals surface area contributed by atoms with E-state index in [0.29, 0.717) is 31.4 Å². The van der Waals surface area contributed by atoms with Crippen molar-refractivity contribution in [3.05, 3.63) is 45.9 Å². The van der Waals surface area contributed by atoms with E-state index in [1.165, 1.54) is 17.4 Å². The molecule has 0 saturated carbocycles. The molecule has 1 aromatic carbocycles. The van der Waals surface area contributed by atoms with Crippen molar-refractivity contribution in [2.24, 2.45) is 23.0 Å². The molecule has 2 aromatic rings. The molecule has 70 heavy (non-hydrogen) atoms. The average Bonchev–Trinajstić information content (AvgIpc) is 3.79. The zero-order chi connectivity index (χ0) is 52.3. The number of hydroxylamine groups is 2. The number of hydrogen-bond acceptors (Lipinski definition) is 13. The quantitative estimate of drug-likeness (QED) is 0.0257. The summed E-state index contributed by atoms with van der Waals surface area (Å²) in [5.74, 6) is -1.49. The minimum absolute atomic E-state index is 0.0122. The summed E-state index contributed by atoms with van der Waals surface area (Å²) in [7, 11) is 1.91. The second-order valence-corrected chi connectivity index (χ2v) is 20.6. The second kappa shape index (κ2) is 28.4. The first-order chi connectivity index (χ1) is 33.0. The van der Waals surface area contributed by atoms with E-state index in [9.17, 15) is 38.7 Å². The maximum Gasteiger partial charge on any atom is 0.309 e. The molecule has 1 saturated heterocycles.